The van der Waals surface area contributed by atoms with E-state index in [0.717, 1.165) is 11.0 Å². The first-order valence-corrected chi connectivity index (χ1v) is 7.61. The average molecular weight is 303 g/mol. The standard InChI is InChI=1S/C17H21NO4/c1-11-10-21-14(9-19)8-18(11)17(20)12(2)16-7-13-5-3-4-6-15(13)22-16/h3-7,11-12,14,19H,8-10H2,1-2H3. The molecular weight excluding hydrogens is 282 g/mol. The molecule has 3 atom stereocenters. The van der Waals surface area contributed by atoms with Gasteiger partial charge < -0.3 is 19.2 Å². The second kappa shape index (κ2) is 6.10. The number of aliphatic hydroxyl groups excluding tert-OH is 1. The fourth-order valence-corrected chi connectivity index (χ4v) is 2.82. The van der Waals surface area contributed by atoms with Crippen molar-refractivity contribution in [1.82, 2.24) is 4.90 Å². The van der Waals surface area contributed by atoms with Crippen LogP contribution in [0.25, 0.3) is 11.0 Å². The van der Waals surface area contributed by atoms with Gasteiger partial charge in [-0.3, -0.25) is 4.79 Å². The molecule has 3 unspecified atom stereocenters. The molecule has 1 aromatic carbocycles. The molecular formula is C17H21NO4. The highest BCUT2D eigenvalue weighted by molar-refractivity contribution is 5.85. The quantitative estimate of drug-likeness (QED) is 0.943. The molecule has 5 nitrogen and oxygen atoms in total. The molecule has 118 valence electrons. The minimum atomic E-state index is -0.354. The topological polar surface area (TPSA) is 62.9 Å². The summed E-state index contributed by atoms with van der Waals surface area (Å²) >= 11 is 0. The molecule has 2 aromatic rings. The molecule has 0 radical (unpaired) electrons. The minimum absolute atomic E-state index is 0.00197. The van der Waals surface area contributed by atoms with Gasteiger partial charge in [-0.05, 0) is 26.0 Å². The monoisotopic (exact) mass is 303 g/mol. The van der Waals surface area contributed by atoms with Crippen LogP contribution >= 0.6 is 0 Å². The first-order chi connectivity index (χ1) is 10.6. The third-order valence-corrected chi connectivity index (χ3v) is 4.23. The summed E-state index contributed by atoms with van der Waals surface area (Å²) in [6.45, 7) is 4.60. The number of nitrogens with zero attached hydrogens (tertiary/aromatic N) is 1. The van der Waals surface area contributed by atoms with E-state index in [-0.39, 0.29) is 30.6 Å². The van der Waals surface area contributed by atoms with Crippen molar-refractivity contribution in [2.75, 3.05) is 19.8 Å². The van der Waals surface area contributed by atoms with Crippen LogP contribution in [0.4, 0.5) is 0 Å². The lowest BCUT2D eigenvalue weighted by molar-refractivity contribution is -0.147. The average Bonchev–Trinajstić information content (AvgIpc) is 2.98. The van der Waals surface area contributed by atoms with Crippen molar-refractivity contribution < 1.29 is 19.1 Å². The van der Waals surface area contributed by atoms with E-state index in [1.54, 1.807) is 4.90 Å². The van der Waals surface area contributed by atoms with E-state index in [1.807, 2.05) is 44.2 Å². The van der Waals surface area contributed by atoms with Gasteiger partial charge in [0, 0.05) is 11.9 Å². The zero-order valence-corrected chi connectivity index (χ0v) is 12.9. The first-order valence-electron chi connectivity index (χ1n) is 7.61. The number of aliphatic hydroxyl groups is 1. The predicted molar refractivity (Wildman–Crippen MR) is 82.6 cm³/mol. The third kappa shape index (κ3) is 2.74. The maximum Gasteiger partial charge on any atom is 0.233 e. The second-order valence-corrected chi connectivity index (χ2v) is 5.89. The summed E-state index contributed by atoms with van der Waals surface area (Å²) in [5.74, 6) is 0.325. The van der Waals surface area contributed by atoms with Crippen LogP contribution in [0, 0.1) is 0 Å². The number of carbonyl (C=O) groups excluding carboxylic acids is 1. The molecule has 1 N–H and O–H groups in total. The smallest absolute Gasteiger partial charge is 0.233 e. The largest absolute Gasteiger partial charge is 0.460 e. The van der Waals surface area contributed by atoms with E-state index in [4.69, 9.17) is 9.15 Å². The number of ether oxygens (including phenoxy) is 1. The number of hydrogen-bond donors (Lipinski definition) is 1. The fourth-order valence-electron chi connectivity index (χ4n) is 2.82. The third-order valence-electron chi connectivity index (χ3n) is 4.23. The number of morpholine rings is 1. The molecule has 1 amide bonds. The number of furan rings is 1. The molecule has 0 saturated carbocycles. The molecule has 22 heavy (non-hydrogen) atoms. The van der Waals surface area contributed by atoms with Crippen molar-refractivity contribution in [3.8, 4) is 0 Å². The van der Waals surface area contributed by atoms with Gasteiger partial charge in [-0.15, -0.1) is 0 Å². The maximum atomic E-state index is 12.8. The lowest BCUT2D eigenvalue weighted by Gasteiger charge is -2.38. The number of amides is 1. The Balaban J connectivity index is 1.81. The van der Waals surface area contributed by atoms with Gasteiger partial charge in [-0.25, -0.2) is 0 Å². The van der Waals surface area contributed by atoms with Crippen LogP contribution < -0.4 is 0 Å². The Morgan fingerprint density at radius 1 is 1.45 bits per heavy atom. The summed E-state index contributed by atoms with van der Waals surface area (Å²) in [5.41, 5.74) is 0.792. The van der Waals surface area contributed by atoms with Crippen LogP contribution in [0.15, 0.2) is 34.7 Å². The maximum absolute atomic E-state index is 12.8. The van der Waals surface area contributed by atoms with Crippen molar-refractivity contribution in [3.63, 3.8) is 0 Å². The highest BCUT2D eigenvalue weighted by atomic mass is 16.5. The van der Waals surface area contributed by atoms with Crippen molar-refractivity contribution in [2.45, 2.75) is 31.9 Å². The normalized spacial score (nSPS) is 23.7. The predicted octanol–water partition coefficient (Wildman–Crippen LogP) is 2.14. The van der Waals surface area contributed by atoms with E-state index in [9.17, 15) is 9.90 Å². The number of rotatable bonds is 3. The zero-order valence-electron chi connectivity index (χ0n) is 12.9. The number of benzene rings is 1. The van der Waals surface area contributed by atoms with Crippen LogP contribution in [-0.4, -0.2) is 47.8 Å². The van der Waals surface area contributed by atoms with Crippen LogP contribution in [0.3, 0.4) is 0 Å². The molecule has 5 heteroatoms. The van der Waals surface area contributed by atoms with Gasteiger partial charge in [0.25, 0.3) is 0 Å². The van der Waals surface area contributed by atoms with Gasteiger partial charge in [0.05, 0.1) is 31.3 Å². The van der Waals surface area contributed by atoms with Gasteiger partial charge in [0.2, 0.25) is 5.91 Å². The molecule has 1 fully saturated rings. The Morgan fingerprint density at radius 3 is 2.95 bits per heavy atom. The number of carbonyl (C=O) groups is 1. The molecule has 2 heterocycles. The second-order valence-electron chi connectivity index (χ2n) is 5.89. The van der Waals surface area contributed by atoms with Gasteiger partial charge in [0.15, 0.2) is 0 Å². The summed E-state index contributed by atoms with van der Waals surface area (Å²) < 4.78 is 11.3. The molecule has 1 aromatic heterocycles. The zero-order chi connectivity index (χ0) is 15.7. The Hall–Kier alpha value is -1.85. The summed E-state index contributed by atoms with van der Waals surface area (Å²) in [4.78, 5) is 14.6. The van der Waals surface area contributed by atoms with Crippen molar-refractivity contribution in [2.24, 2.45) is 0 Å². The fraction of sp³-hybridized carbons (Fsp3) is 0.471. The van der Waals surface area contributed by atoms with E-state index in [1.165, 1.54) is 0 Å². The van der Waals surface area contributed by atoms with Gasteiger partial charge in [-0.2, -0.15) is 0 Å². The molecule has 0 aliphatic carbocycles. The molecule has 1 saturated heterocycles. The summed E-state index contributed by atoms with van der Waals surface area (Å²) in [7, 11) is 0. The number of para-hydroxylation sites is 1. The van der Waals surface area contributed by atoms with Gasteiger partial charge in [-0.1, -0.05) is 18.2 Å². The lowest BCUT2D eigenvalue weighted by atomic mass is 10.0. The molecule has 1 aliphatic heterocycles. The molecule has 1 aliphatic rings. The minimum Gasteiger partial charge on any atom is -0.460 e. The SMILES string of the molecule is CC(C(=O)N1CC(CO)OCC1C)c1cc2ccccc2o1. The van der Waals surface area contributed by atoms with Crippen LogP contribution in [-0.2, 0) is 9.53 Å². The highest BCUT2D eigenvalue weighted by Gasteiger charge is 2.33. The van der Waals surface area contributed by atoms with E-state index in [2.05, 4.69) is 0 Å². The number of hydrogen-bond acceptors (Lipinski definition) is 4. The number of fused-ring (bicyclic) bond motifs is 1. The van der Waals surface area contributed by atoms with E-state index >= 15 is 0 Å². The van der Waals surface area contributed by atoms with Crippen LogP contribution in [0.5, 0.6) is 0 Å². The molecule has 0 bridgehead atoms. The Bertz CT molecular complexity index is 632. The molecule has 3 rings (SSSR count). The van der Waals surface area contributed by atoms with Crippen LogP contribution in [0.1, 0.15) is 25.5 Å². The van der Waals surface area contributed by atoms with Gasteiger partial charge >= 0.3 is 0 Å². The van der Waals surface area contributed by atoms with Crippen molar-refractivity contribution in [1.29, 1.82) is 0 Å². The van der Waals surface area contributed by atoms with Crippen molar-refractivity contribution >= 4 is 16.9 Å². The first kappa shape index (κ1) is 15.1. The summed E-state index contributed by atoms with van der Waals surface area (Å²) in [5, 5.41) is 10.2. The Labute approximate surface area is 129 Å². The summed E-state index contributed by atoms with van der Waals surface area (Å²) in [6.07, 6.45) is -0.303. The van der Waals surface area contributed by atoms with Gasteiger partial charge in [0.1, 0.15) is 11.3 Å². The van der Waals surface area contributed by atoms with E-state index < -0.39 is 0 Å². The Kier molecular flexibility index (Phi) is 4.18. The summed E-state index contributed by atoms with van der Waals surface area (Å²) in [6, 6.07) is 9.66. The highest BCUT2D eigenvalue weighted by Crippen LogP contribution is 2.27. The van der Waals surface area contributed by atoms with Crippen LogP contribution in [0.2, 0.25) is 0 Å². The lowest BCUT2D eigenvalue weighted by Crippen LogP contribution is -2.53. The Morgan fingerprint density at radius 2 is 2.23 bits per heavy atom. The van der Waals surface area contributed by atoms with E-state index in [0.29, 0.717) is 18.9 Å². The molecule has 0 spiro atoms. The van der Waals surface area contributed by atoms with Crippen molar-refractivity contribution in [3.05, 3.63) is 36.1 Å².